The van der Waals surface area contributed by atoms with Crippen molar-refractivity contribution in [2.45, 2.75) is 10.1 Å². The van der Waals surface area contributed by atoms with E-state index < -0.39 is 0 Å². The Kier molecular flexibility index (Phi) is 3.69. The Morgan fingerprint density at radius 2 is 2.38 bits per heavy atom. The second-order valence-corrected chi connectivity index (χ2v) is 5.28. The number of anilines is 1. The molecule has 0 amide bonds. The minimum Gasteiger partial charge on any atom is -0.495 e. The van der Waals surface area contributed by atoms with Crippen molar-refractivity contribution in [3.05, 3.63) is 35.3 Å². The van der Waals surface area contributed by atoms with Crippen LogP contribution in [-0.4, -0.2) is 12.1 Å². The number of rotatable bonds is 4. The van der Waals surface area contributed by atoms with E-state index in [1.54, 1.807) is 30.2 Å². The van der Waals surface area contributed by atoms with Gasteiger partial charge in [-0.1, -0.05) is 17.8 Å². The van der Waals surface area contributed by atoms with Crippen LogP contribution in [0.25, 0.3) is 0 Å². The van der Waals surface area contributed by atoms with Gasteiger partial charge in [0, 0.05) is 17.3 Å². The minimum absolute atomic E-state index is 0.680. The van der Waals surface area contributed by atoms with Crippen molar-refractivity contribution in [1.29, 1.82) is 0 Å². The summed E-state index contributed by atoms with van der Waals surface area (Å²) in [5.41, 5.74) is 7.69. The van der Waals surface area contributed by atoms with Crippen LogP contribution in [0, 0.1) is 0 Å². The molecule has 0 aliphatic heterocycles. The van der Waals surface area contributed by atoms with E-state index in [0.717, 1.165) is 15.8 Å². The van der Waals surface area contributed by atoms with Crippen LogP contribution in [0.15, 0.2) is 34.1 Å². The molecule has 0 fully saturated rings. The molecule has 0 bridgehead atoms. The maximum atomic E-state index is 5.83. The predicted molar refractivity (Wildman–Crippen MR) is 69.1 cm³/mol. The summed E-state index contributed by atoms with van der Waals surface area (Å²) in [6.45, 7) is 0. The van der Waals surface area contributed by atoms with Gasteiger partial charge in [-0.3, -0.25) is 0 Å². The van der Waals surface area contributed by atoms with Crippen molar-refractivity contribution in [2.24, 2.45) is 0 Å². The van der Waals surface area contributed by atoms with Crippen molar-refractivity contribution in [1.82, 2.24) is 4.98 Å². The molecule has 1 heterocycles. The summed E-state index contributed by atoms with van der Waals surface area (Å²) < 4.78 is 6.19. The lowest BCUT2D eigenvalue weighted by atomic mass is 10.2. The van der Waals surface area contributed by atoms with E-state index in [-0.39, 0.29) is 0 Å². The van der Waals surface area contributed by atoms with Crippen LogP contribution in [0.1, 0.15) is 5.56 Å². The van der Waals surface area contributed by atoms with Gasteiger partial charge in [-0.05, 0) is 17.7 Å². The first-order valence-electron chi connectivity index (χ1n) is 4.74. The molecule has 0 aliphatic rings. The van der Waals surface area contributed by atoms with E-state index in [9.17, 15) is 0 Å². The number of hydrogen-bond acceptors (Lipinski definition) is 5. The molecule has 2 N–H and O–H groups in total. The third-order valence-corrected chi connectivity index (χ3v) is 4.10. The monoisotopic (exact) mass is 252 g/mol. The van der Waals surface area contributed by atoms with Crippen LogP contribution in [0.3, 0.4) is 0 Å². The second-order valence-electron chi connectivity index (χ2n) is 3.16. The first-order chi connectivity index (χ1) is 7.79. The fourth-order valence-electron chi connectivity index (χ4n) is 1.30. The summed E-state index contributed by atoms with van der Waals surface area (Å²) in [5.74, 6) is 1.60. The van der Waals surface area contributed by atoms with Crippen molar-refractivity contribution in [3.8, 4) is 5.75 Å². The Bertz CT molecular complexity index is 457. The van der Waals surface area contributed by atoms with Crippen LogP contribution in [-0.2, 0) is 5.75 Å². The van der Waals surface area contributed by atoms with Gasteiger partial charge in [0.15, 0.2) is 0 Å². The summed E-state index contributed by atoms with van der Waals surface area (Å²) in [6.07, 6.45) is 1.81. The van der Waals surface area contributed by atoms with Gasteiger partial charge in [-0.25, -0.2) is 4.98 Å². The largest absolute Gasteiger partial charge is 0.495 e. The van der Waals surface area contributed by atoms with Crippen LogP contribution < -0.4 is 10.5 Å². The lowest BCUT2D eigenvalue weighted by molar-refractivity contribution is 0.417. The van der Waals surface area contributed by atoms with Gasteiger partial charge in [0.05, 0.1) is 12.8 Å². The maximum Gasteiger partial charge on any atom is 0.150 e. The molecule has 0 aliphatic carbocycles. The molecule has 0 unspecified atom stereocenters. The van der Waals surface area contributed by atoms with E-state index in [2.05, 4.69) is 4.98 Å². The molecule has 1 aromatic heterocycles. The average Bonchev–Trinajstić information content (AvgIpc) is 2.79. The third kappa shape index (κ3) is 2.68. The molecule has 2 rings (SSSR count). The third-order valence-electron chi connectivity index (χ3n) is 2.07. The Morgan fingerprint density at radius 1 is 1.50 bits per heavy atom. The van der Waals surface area contributed by atoms with E-state index in [0.29, 0.717) is 5.69 Å². The highest BCUT2D eigenvalue weighted by Gasteiger charge is 2.02. The Morgan fingerprint density at radius 3 is 3.00 bits per heavy atom. The van der Waals surface area contributed by atoms with Gasteiger partial charge in [0.1, 0.15) is 10.1 Å². The van der Waals surface area contributed by atoms with E-state index >= 15 is 0 Å². The highest BCUT2D eigenvalue weighted by molar-refractivity contribution is 8.00. The minimum atomic E-state index is 0.680. The highest BCUT2D eigenvalue weighted by atomic mass is 32.2. The average molecular weight is 252 g/mol. The van der Waals surface area contributed by atoms with Crippen LogP contribution >= 0.6 is 23.1 Å². The van der Waals surface area contributed by atoms with Gasteiger partial charge in [0.2, 0.25) is 0 Å². The van der Waals surface area contributed by atoms with Gasteiger partial charge in [-0.15, -0.1) is 11.3 Å². The number of aromatic nitrogens is 1. The number of nitrogens with zero attached hydrogens (tertiary/aromatic N) is 1. The number of methoxy groups -OCH3 is 1. The number of hydrogen-bond donors (Lipinski definition) is 1. The molecule has 0 spiro atoms. The Labute approximate surface area is 103 Å². The molecule has 5 heteroatoms. The zero-order valence-electron chi connectivity index (χ0n) is 8.84. The zero-order valence-corrected chi connectivity index (χ0v) is 10.5. The van der Waals surface area contributed by atoms with Gasteiger partial charge in [0.25, 0.3) is 0 Å². The summed E-state index contributed by atoms with van der Waals surface area (Å²) in [7, 11) is 1.62. The maximum absolute atomic E-state index is 5.83. The van der Waals surface area contributed by atoms with E-state index in [1.165, 1.54) is 5.56 Å². The smallest absolute Gasteiger partial charge is 0.150 e. The fraction of sp³-hybridized carbons (Fsp3) is 0.182. The predicted octanol–water partition coefficient (Wildman–Crippen LogP) is 3.03. The number of ether oxygens (including phenoxy) is 1. The van der Waals surface area contributed by atoms with Gasteiger partial charge >= 0.3 is 0 Å². The number of thioether (sulfide) groups is 1. The van der Waals surface area contributed by atoms with Gasteiger partial charge in [-0.2, -0.15) is 0 Å². The van der Waals surface area contributed by atoms with E-state index in [1.807, 2.05) is 29.8 Å². The van der Waals surface area contributed by atoms with Crippen LogP contribution in [0.5, 0.6) is 5.75 Å². The zero-order chi connectivity index (χ0) is 11.4. The first-order valence-corrected chi connectivity index (χ1v) is 6.61. The summed E-state index contributed by atoms with van der Waals surface area (Å²) in [4.78, 5) is 4.21. The number of benzene rings is 1. The van der Waals surface area contributed by atoms with Crippen molar-refractivity contribution in [3.63, 3.8) is 0 Å². The van der Waals surface area contributed by atoms with E-state index in [4.69, 9.17) is 10.5 Å². The molecule has 2 aromatic rings. The topological polar surface area (TPSA) is 48.1 Å². The molecule has 16 heavy (non-hydrogen) atoms. The molecule has 84 valence electrons. The molecular weight excluding hydrogens is 240 g/mol. The quantitative estimate of drug-likeness (QED) is 0.671. The van der Waals surface area contributed by atoms with Gasteiger partial charge < -0.3 is 10.5 Å². The van der Waals surface area contributed by atoms with Crippen molar-refractivity contribution in [2.75, 3.05) is 12.8 Å². The number of thiazole rings is 1. The molecule has 1 aromatic carbocycles. The molecular formula is C11H12N2OS2. The van der Waals surface area contributed by atoms with Crippen LogP contribution in [0.4, 0.5) is 5.69 Å². The molecule has 0 saturated heterocycles. The fourth-order valence-corrected chi connectivity index (χ4v) is 2.88. The number of nitrogens with two attached hydrogens (primary N) is 1. The van der Waals surface area contributed by atoms with Crippen molar-refractivity contribution >= 4 is 28.8 Å². The summed E-state index contributed by atoms with van der Waals surface area (Å²) >= 11 is 3.36. The lowest BCUT2D eigenvalue weighted by Crippen LogP contribution is -1.93. The number of nitrogen functional groups attached to an aromatic ring is 1. The molecule has 0 radical (unpaired) electrons. The van der Waals surface area contributed by atoms with Crippen molar-refractivity contribution < 1.29 is 4.74 Å². The van der Waals surface area contributed by atoms with Crippen LogP contribution in [0.2, 0.25) is 0 Å². The Balaban J connectivity index is 2.02. The lowest BCUT2D eigenvalue weighted by Gasteiger charge is -2.06. The highest BCUT2D eigenvalue weighted by Crippen LogP contribution is 2.28. The molecule has 0 saturated carbocycles. The normalized spacial score (nSPS) is 10.3. The summed E-state index contributed by atoms with van der Waals surface area (Å²) in [5, 5.41) is 1.98. The first kappa shape index (κ1) is 11.3. The standard InChI is InChI=1S/C11H12N2OS2/c1-14-10-3-2-8(6-9(10)12)7-16-11-13-4-5-15-11/h2-6H,7,12H2,1H3. The molecule has 0 atom stereocenters. The second kappa shape index (κ2) is 5.23. The SMILES string of the molecule is COc1ccc(CSc2nccs2)cc1N. The molecule has 3 nitrogen and oxygen atoms in total. The summed E-state index contributed by atoms with van der Waals surface area (Å²) in [6, 6.07) is 5.86. The Hall–Kier alpha value is -1.20.